The Morgan fingerprint density at radius 2 is 2.00 bits per heavy atom. The van der Waals surface area contributed by atoms with Gasteiger partial charge in [-0.25, -0.2) is 4.98 Å². The fourth-order valence-electron chi connectivity index (χ4n) is 0.973. The molecule has 0 fully saturated rings. The van der Waals surface area contributed by atoms with Crippen molar-refractivity contribution in [1.82, 2.24) is 0 Å². The molecule has 38 valence electrons. The molecule has 1 heterocycles. The molecule has 0 bridgehead atoms. The molecular weight excluding hydrogens is 98.1 g/mol. The maximum Gasteiger partial charge on any atom is 0.175 e. The number of H-pyrrole nitrogens is 1. The summed E-state index contributed by atoms with van der Waals surface area (Å²) in [4.78, 5) is 2.99. The summed E-state index contributed by atoms with van der Waals surface area (Å²) >= 11 is 0. The average Bonchev–Trinajstić information content (AvgIpc) is 2.22. The van der Waals surface area contributed by atoms with Gasteiger partial charge >= 0.3 is 0 Å². The third-order valence-corrected chi connectivity index (χ3v) is 1.47. The minimum absolute atomic E-state index is 1.31. The zero-order valence-corrected chi connectivity index (χ0v) is 4.44. The van der Waals surface area contributed by atoms with E-state index in [1.165, 1.54) is 16.7 Å². The van der Waals surface area contributed by atoms with Crippen molar-refractivity contribution in [2.45, 2.75) is 0 Å². The number of nitrogens with one attached hydrogen (secondary N) is 1. The van der Waals surface area contributed by atoms with Crippen molar-refractivity contribution in [3.8, 4) is 11.1 Å². The van der Waals surface area contributed by atoms with E-state index in [2.05, 4.69) is 11.6 Å². The molecule has 8 heavy (non-hydrogen) atoms. The number of aromatic amines is 1. The Balaban J connectivity index is 2.63. The van der Waals surface area contributed by atoms with Crippen molar-refractivity contribution in [2.24, 2.45) is 0 Å². The minimum Gasteiger partial charge on any atom is -0.217 e. The predicted molar refractivity (Wildman–Crippen MR) is 32.1 cm³/mol. The molecule has 0 atom stereocenters. The molecule has 2 rings (SSSR count). The molecule has 0 saturated heterocycles. The third-order valence-electron chi connectivity index (χ3n) is 1.47. The summed E-state index contributed by atoms with van der Waals surface area (Å²) in [7, 11) is 0. The number of fused-ring (bicyclic) bond motifs is 1. The Hall–Kier alpha value is -1.11. The largest absolute Gasteiger partial charge is 0.217 e. The second-order valence-corrected chi connectivity index (χ2v) is 1.90. The van der Waals surface area contributed by atoms with Gasteiger partial charge in [0.25, 0.3) is 0 Å². The van der Waals surface area contributed by atoms with Gasteiger partial charge in [0.1, 0.15) is 0 Å². The smallest absolute Gasteiger partial charge is 0.175 e. The van der Waals surface area contributed by atoms with Gasteiger partial charge in [0.2, 0.25) is 0 Å². The topological polar surface area (TPSA) is 14.1 Å². The van der Waals surface area contributed by atoms with Gasteiger partial charge in [-0.05, 0) is 0 Å². The van der Waals surface area contributed by atoms with Crippen LogP contribution in [0.2, 0.25) is 0 Å². The van der Waals surface area contributed by atoms with E-state index in [0.717, 1.165) is 0 Å². The Labute approximate surface area is 47.7 Å². The second-order valence-electron chi connectivity index (χ2n) is 1.90. The minimum atomic E-state index is 1.31. The van der Waals surface area contributed by atoms with Crippen molar-refractivity contribution >= 4 is 6.08 Å². The van der Waals surface area contributed by atoms with Crippen LogP contribution in [0.5, 0.6) is 0 Å². The zero-order chi connectivity index (χ0) is 5.56. The monoisotopic (exact) mass is 104 g/mol. The van der Waals surface area contributed by atoms with Crippen LogP contribution in [0.15, 0.2) is 19.0 Å². The quantitative estimate of drug-likeness (QED) is 0.515. The van der Waals surface area contributed by atoms with E-state index >= 15 is 0 Å². The van der Waals surface area contributed by atoms with E-state index in [0.29, 0.717) is 0 Å². The van der Waals surface area contributed by atoms with Crippen LogP contribution in [0.25, 0.3) is 17.2 Å². The highest BCUT2D eigenvalue weighted by atomic mass is 14.7. The van der Waals surface area contributed by atoms with Crippen molar-refractivity contribution in [3.05, 3.63) is 24.5 Å². The molecule has 1 heteroatoms. The Kier molecular flexibility index (Phi) is 0.478. The SMILES string of the molecule is C=Cc1c2c[nH+]cc1-2. The fourth-order valence-corrected chi connectivity index (χ4v) is 0.973. The van der Waals surface area contributed by atoms with Crippen LogP contribution in [0.1, 0.15) is 5.56 Å². The van der Waals surface area contributed by atoms with E-state index < -0.39 is 0 Å². The van der Waals surface area contributed by atoms with Gasteiger partial charge in [-0.3, -0.25) is 0 Å². The van der Waals surface area contributed by atoms with Crippen LogP contribution in [-0.2, 0) is 0 Å². The lowest BCUT2D eigenvalue weighted by atomic mass is 10.5. The zero-order valence-electron chi connectivity index (χ0n) is 4.44. The van der Waals surface area contributed by atoms with Gasteiger partial charge in [0.15, 0.2) is 12.4 Å². The van der Waals surface area contributed by atoms with Crippen molar-refractivity contribution < 1.29 is 4.98 Å². The Morgan fingerprint density at radius 3 is 2.38 bits per heavy atom. The molecule has 0 amide bonds. The van der Waals surface area contributed by atoms with E-state index in [4.69, 9.17) is 0 Å². The van der Waals surface area contributed by atoms with Crippen LogP contribution in [0.3, 0.4) is 0 Å². The van der Waals surface area contributed by atoms with E-state index in [-0.39, 0.29) is 0 Å². The molecule has 1 nitrogen and oxygen atoms in total. The van der Waals surface area contributed by atoms with Crippen LogP contribution in [-0.4, -0.2) is 0 Å². The van der Waals surface area contributed by atoms with Gasteiger partial charge in [0.05, 0.1) is 11.1 Å². The average molecular weight is 104 g/mol. The second kappa shape index (κ2) is 0.996. The summed E-state index contributed by atoms with van der Waals surface area (Å²) in [6.45, 7) is 3.66. The highest BCUT2D eigenvalue weighted by Gasteiger charge is 2.25. The summed E-state index contributed by atoms with van der Waals surface area (Å²) in [6, 6.07) is 0. The highest BCUT2D eigenvalue weighted by molar-refractivity contribution is 5.95. The molecule has 0 spiro atoms. The lowest BCUT2D eigenvalue weighted by Crippen LogP contribution is -1.88. The van der Waals surface area contributed by atoms with E-state index in [9.17, 15) is 0 Å². The lowest BCUT2D eigenvalue weighted by Gasteiger charge is -1.58. The van der Waals surface area contributed by atoms with Crippen molar-refractivity contribution in [2.75, 3.05) is 0 Å². The molecule has 0 saturated carbocycles. The molecule has 0 unspecified atom stereocenters. The van der Waals surface area contributed by atoms with E-state index in [1.807, 2.05) is 18.5 Å². The number of hydrogen-bond donors (Lipinski definition) is 0. The number of rotatable bonds is 1. The summed E-state index contributed by atoms with van der Waals surface area (Å²) < 4.78 is 0. The molecule has 1 N–H and O–H groups in total. The first kappa shape index (κ1) is 3.84. The van der Waals surface area contributed by atoms with Gasteiger partial charge in [0, 0.05) is 5.56 Å². The van der Waals surface area contributed by atoms with E-state index in [1.54, 1.807) is 0 Å². The molecule has 0 aromatic rings. The molecule has 0 aromatic heterocycles. The maximum atomic E-state index is 3.66. The first-order chi connectivity index (χ1) is 3.93. The highest BCUT2D eigenvalue weighted by Crippen LogP contribution is 2.40. The lowest BCUT2D eigenvalue weighted by molar-refractivity contribution is -0.372. The molecule has 2 aliphatic rings. The molecule has 1 aliphatic heterocycles. The normalized spacial score (nSPS) is 11.0. The number of hydrogen-bond acceptors (Lipinski definition) is 0. The van der Waals surface area contributed by atoms with Crippen LogP contribution < -0.4 is 4.98 Å². The number of aromatic nitrogens is 1. The van der Waals surface area contributed by atoms with Crippen LogP contribution >= 0.6 is 0 Å². The summed E-state index contributed by atoms with van der Waals surface area (Å²) in [6.07, 6.45) is 5.87. The van der Waals surface area contributed by atoms with Gasteiger partial charge in [-0.2, -0.15) is 0 Å². The molecular formula is C7H6N+. The fraction of sp³-hybridized carbons (Fsp3) is 0. The summed E-state index contributed by atoms with van der Waals surface area (Å²) in [5, 5.41) is 0. The van der Waals surface area contributed by atoms with Crippen molar-refractivity contribution in [1.29, 1.82) is 0 Å². The van der Waals surface area contributed by atoms with Crippen LogP contribution in [0.4, 0.5) is 0 Å². The molecule has 0 radical (unpaired) electrons. The van der Waals surface area contributed by atoms with Gasteiger partial charge in [-0.15, -0.1) is 0 Å². The first-order valence-corrected chi connectivity index (χ1v) is 2.60. The molecule has 1 aliphatic carbocycles. The Bertz CT molecular complexity index is 230. The summed E-state index contributed by atoms with van der Waals surface area (Å²) in [5.74, 6) is 0. The molecule has 0 aromatic carbocycles. The number of pyridine rings is 1. The maximum absolute atomic E-state index is 3.66. The third kappa shape index (κ3) is 0.259. The van der Waals surface area contributed by atoms with Crippen molar-refractivity contribution in [3.63, 3.8) is 0 Å². The van der Waals surface area contributed by atoms with Crippen LogP contribution in [0, 0.1) is 0 Å². The first-order valence-electron chi connectivity index (χ1n) is 2.60. The predicted octanol–water partition coefficient (Wildman–Crippen LogP) is 1.12. The van der Waals surface area contributed by atoms with Gasteiger partial charge < -0.3 is 0 Å². The standard InChI is InChI=1S/C7H5N/c1-2-5-6-3-8-4-7(5)6/h2-4H,1H2/p+1. The van der Waals surface area contributed by atoms with Gasteiger partial charge in [-0.1, -0.05) is 12.7 Å². The summed E-state index contributed by atoms with van der Waals surface area (Å²) in [5.41, 5.74) is 3.98. The Morgan fingerprint density at radius 1 is 1.38 bits per heavy atom.